The van der Waals surface area contributed by atoms with Crippen LogP contribution in [-0.4, -0.2) is 33.4 Å². The van der Waals surface area contributed by atoms with E-state index in [2.05, 4.69) is 10.4 Å². The highest BCUT2D eigenvalue weighted by molar-refractivity contribution is 5.80. The molecule has 3 N–H and O–H groups in total. The van der Waals surface area contributed by atoms with E-state index in [1.165, 1.54) is 0 Å². The number of likely N-dealkylation sites (N-methyl/N-ethyl adjacent to an activating group) is 1. The second-order valence-corrected chi connectivity index (χ2v) is 3.80. The van der Waals surface area contributed by atoms with Gasteiger partial charge in [-0.3, -0.25) is 15.1 Å². The summed E-state index contributed by atoms with van der Waals surface area (Å²) in [5.41, 5.74) is 2.18. The van der Waals surface area contributed by atoms with Crippen molar-refractivity contribution in [2.24, 2.45) is 12.9 Å². The topological polar surface area (TPSA) is 76.2 Å². The van der Waals surface area contributed by atoms with Gasteiger partial charge in [0.15, 0.2) is 0 Å². The van der Waals surface area contributed by atoms with Crippen molar-refractivity contribution in [3.63, 3.8) is 0 Å². The van der Waals surface area contributed by atoms with Crippen LogP contribution in [0.4, 0.5) is 0 Å². The Bertz CT molecular complexity index is 349. The smallest absolute Gasteiger partial charge is 0.251 e. The lowest BCUT2D eigenvalue weighted by molar-refractivity contribution is -0.126. The Morgan fingerprint density at radius 2 is 2.44 bits per heavy atom. The zero-order valence-electron chi connectivity index (χ0n) is 9.97. The van der Waals surface area contributed by atoms with Gasteiger partial charge in [-0.25, -0.2) is 10.8 Å². The van der Waals surface area contributed by atoms with E-state index in [0.717, 1.165) is 5.82 Å². The summed E-state index contributed by atoms with van der Waals surface area (Å²) >= 11 is 0. The molecule has 0 radical (unpaired) electrons. The van der Waals surface area contributed by atoms with Gasteiger partial charge in [0.1, 0.15) is 5.82 Å². The van der Waals surface area contributed by atoms with Gasteiger partial charge in [0.25, 0.3) is 5.91 Å². The summed E-state index contributed by atoms with van der Waals surface area (Å²) in [6, 6.07) is -0.221. The van der Waals surface area contributed by atoms with Crippen LogP contribution >= 0.6 is 0 Å². The highest BCUT2D eigenvalue weighted by Gasteiger charge is 2.21. The second-order valence-electron chi connectivity index (χ2n) is 3.80. The number of aromatic nitrogens is 2. The fourth-order valence-corrected chi connectivity index (χ4v) is 1.68. The van der Waals surface area contributed by atoms with Crippen LogP contribution in [0.15, 0.2) is 12.4 Å². The number of nitrogens with two attached hydrogens (primary N) is 1. The third-order valence-corrected chi connectivity index (χ3v) is 2.68. The van der Waals surface area contributed by atoms with E-state index < -0.39 is 0 Å². The fraction of sp³-hybridized carbons (Fsp3) is 0.600. The number of amides is 1. The van der Waals surface area contributed by atoms with Crippen LogP contribution in [0.5, 0.6) is 0 Å². The number of hydrogen-bond acceptors (Lipinski definition) is 4. The maximum absolute atomic E-state index is 11.5. The Labute approximate surface area is 95.4 Å². The van der Waals surface area contributed by atoms with E-state index in [1.54, 1.807) is 6.20 Å². The third kappa shape index (κ3) is 2.80. The lowest BCUT2D eigenvalue weighted by Crippen LogP contribution is -2.47. The predicted molar refractivity (Wildman–Crippen MR) is 61.1 cm³/mol. The molecule has 1 atom stereocenters. The SMILES string of the molecule is CCC(C(=O)NN)N(C)Cc1nccn1C. The lowest BCUT2D eigenvalue weighted by Gasteiger charge is -2.24. The Morgan fingerprint density at radius 3 is 2.88 bits per heavy atom. The molecule has 6 nitrogen and oxygen atoms in total. The van der Waals surface area contributed by atoms with Crippen LogP contribution in [0.25, 0.3) is 0 Å². The average Bonchev–Trinajstić information content (AvgIpc) is 2.65. The summed E-state index contributed by atoms with van der Waals surface area (Å²) < 4.78 is 1.93. The van der Waals surface area contributed by atoms with Crippen molar-refractivity contribution in [2.45, 2.75) is 25.9 Å². The summed E-state index contributed by atoms with van der Waals surface area (Å²) in [5, 5.41) is 0. The largest absolute Gasteiger partial charge is 0.337 e. The van der Waals surface area contributed by atoms with Gasteiger partial charge >= 0.3 is 0 Å². The Morgan fingerprint density at radius 1 is 1.75 bits per heavy atom. The van der Waals surface area contributed by atoms with Gasteiger partial charge in [0.2, 0.25) is 0 Å². The van der Waals surface area contributed by atoms with Crippen LogP contribution in [0, 0.1) is 0 Å². The van der Waals surface area contributed by atoms with Gasteiger partial charge in [0, 0.05) is 19.4 Å². The number of hydrogen-bond donors (Lipinski definition) is 2. The molecule has 0 bridgehead atoms. The minimum Gasteiger partial charge on any atom is -0.337 e. The predicted octanol–water partition coefficient (Wildman–Crippen LogP) is -0.380. The molecule has 0 fully saturated rings. The first-order valence-electron chi connectivity index (χ1n) is 5.27. The monoisotopic (exact) mass is 225 g/mol. The minimum absolute atomic E-state index is 0.167. The molecule has 0 aliphatic rings. The molecule has 1 aromatic heterocycles. The summed E-state index contributed by atoms with van der Waals surface area (Å²) in [7, 11) is 3.82. The van der Waals surface area contributed by atoms with Crippen LogP contribution in [-0.2, 0) is 18.4 Å². The number of nitrogens with one attached hydrogen (secondary N) is 1. The molecule has 1 unspecified atom stereocenters. The molecule has 1 amide bonds. The molecule has 1 heterocycles. The Hall–Kier alpha value is -1.40. The van der Waals surface area contributed by atoms with Gasteiger partial charge in [-0.1, -0.05) is 6.92 Å². The molecule has 0 aliphatic heterocycles. The van der Waals surface area contributed by atoms with Crippen molar-refractivity contribution in [1.82, 2.24) is 19.9 Å². The first kappa shape index (κ1) is 12.7. The Kier molecular flexibility index (Phi) is 4.45. The van der Waals surface area contributed by atoms with Crippen LogP contribution in [0.1, 0.15) is 19.2 Å². The van der Waals surface area contributed by atoms with Crippen LogP contribution < -0.4 is 11.3 Å². The highest BCUT2D eigenvalue weighted by atomic mass is 16.2. The minimum atomic E-state index is -0.221. The van der Waals surface area contributed by atoms with E-state index in [1.807, 2.05) is 36.7 Å². The van der Waals surface area contributed by atoms with Crippen molar-refractivity contribution in [3.8, 4) is 0 Å². The molecular weight excluding hydrogens is 206 g/mol. The van der Waals surface area contributed by atoms with Gasteiger partial charge in [0.05, 0.1) is 12.6 Å². The summed E-state index contributed by atoms with van der Waals surface area (Å²) in [6.07, 6.45) is 4.34. The van der Waals surface area contributed by atoms with Gasteiger partial charge in [-0.2, -0.15) is 0 Å². The lowest BCUT2D eigenvalue weighted by atomic mass is 10.2. The standard InChI is InChI=1S/C10H19N5O/c1-4-8(10(16)13-11)15(3)7-9-12-5-6-14(9)2/h5-6,8H,4,7,11H2,1-3H3,(H,13,16). The summed E-state index contributed by atoms with van der Waals surface area (Å²) in [5.74, 6) is 5.90. The van der Waals surface area contributed by atoms with Crippen LogP contribution in [0.3, 0.4) is 0 Å². The maximum atomic E-state index is 11.5. The number of nitrogens with zero attached hydrogens (tertiary/aromatic N) is 3. The number of hydrazine groups is 1. The summed E-state index contributed by atoms with van der Waals surface area (Å²) in [6.45, 7) is 2.57. The van der Waals surface area contributed by atoms with Crippen molar-refractivity contribution >= 4 is 5.91 Å². The second kappa shape index (κ2) is 5.62. The summed E-state index contributed by atoms with van der Waals surface area (Å²) in [4.78, 5) is 17.6. The van der Waals surface area contributed by atoms with Crippen molar-refractivity contribution in [1.29, 1.82) is 0 Å². The molecule has 0 aliphatic carbocycles. The zero-order chi connectivity index (χ0) is 12.1. The number of carbonyl (C=O) groups excluding carboxylic acids is 1. The molecular formula is C10H19N5O. The molecule has 0 aromatic carbocycles. The van der Waals surface area contributed by atoms with E-state index in [-0.39, 0.29) is 11.9 Å². The van der Waals surface area contributed by atoms with Gasteiger partial charge in [-0.05, 0) is 13.5 Å². The van der Waals surface area contributed by atoms with E-state index >= 15 is 0 Å². The van der Waals surface area contributed by atoms with Gasteiger partial charge in [-0.15, -0.1) is 0 Å². The van der Waals surface area contributed by atoms with Crippen molar-refractivity contribution in [2.75, 3.05) is 7.05 Å². The average molecular weight is 225 g/mol. The molecule has 0 saturated heterocycles. The first-order valence-corrected chi connectivity index (χ1v) is 5.27. The molecule has 1 rings (SSSR count). The van der Waals surface area contributed by atoms with Crippen molar-refractivity contribution < 1.29 is 4.79 Å². The van der Waals surface area contributed by atoms with Crippen LogP contribution in [0.2, 0.25) is 0 Å². The maximum Gasteiger partial charge on any atom is 0.251 e. The Balaban J connectivity index is 2.66. The first-order chi connectivity index (χ1) is 7.60. The zero-order valence-corrected chi connectivity index (χ0v) is 9.97. The third-order valence-electron chi connectivity index (χ3n) is 2.68. The van der Waals surface area contributed by atoms with E-state index in [4.69, 9.17) is 5.84 Å². The number of rotatable bonds is 5. The quantitative estimate of drug-likeness (QED) is 0.407. The number of imidazole rings is 1. The van der Waals surface area contributed by atoms with E-state index in [0.29, 0.717) is 13.0 Å². The number of carbonyl (C=O) groups is 1. The number of aryl methyl sites for hydroxylation is 1. The molecule has 16 heavy (non-hydrogen) atoms. The van der Waals surface area contributed by atoms with Gasteiger partial charge < -0.3 is 4.57 Å². The highest BCUT2D eigenvalue weighted by Crippen LogP contribution is 2.06. The normalized spacial score (nSPS) is 12.8. The molecule has 6 heteroatoms. The molecule has 0 saturated carbocycles. The van der Waals surface area contributed by atoms with E-state index in [9.17, 15) is 4.79 Å². The molecule has 1 aromatic rings. The van der Waals surface area contributed by atoms with Crippen molar-refractivity contribution in [3.05, 3.63) is 18.2 Å². The fourth-order valence-electron chi connectivity index (χ4n) is 1.68. The molecule has 90 valence electrons. The molecule has 0 spiro atoms.